The molecular formula is C18H21N3O. The van der Waals surface area contributed by atoms with E-state index in [1.54, 1.807) is 24.5 Å². The molecule has 1 aromatic carbocycles. The van der Waals surface area contributed by atoms with Gasteiger partial charge in [0.25, 0.3) is 0 Å². The SMILES string of the molecule is O=C(CN[C@@H]1CCC[C@@H]1c1ccccc1)Nc1ccncc1. The Labute approximate surface area is 131 Å². The van der Waals surface area contributed by atoms with Crippen molar-refractivity contribution in [2.75, 3.05) is 11.9 Å². The van der Waals surface area contributed by atoms with Gasteiger partial charge in [-0.3, -0.25) is 9.78 Å². The Morgan fingerprint density at radius 3 is 2.64 bits per heavy atom. The molecule has 2 atom stereocenters. The summed E-state index contributed by atoms with van der Waals surface area (Å²) in [6.07, 6.45) is 6.87. The monoisotopic (exact) mass is 295 g/mol. The number of nitrogens with zero attached hydrogens (tertiary/aromatic N) is 1. The molecule has 1 aliphatic rings. The second-order valence-electron chi connectivity index (χ2n) is 5.72. The molecule has 0 spiro atoms. The molecule has 3 rings (SSSR count). The number of anilines is 1. The first-order valence-electron chi connectivity index (χ1n) is 7.81. The molecule has 4 heteroatoms. The van der Waals surface area contributed by atoms with Crippen LogP contribution in [0.25, 0.3) is 0 Å². The van der Waals surface area contributed by atoms with Crippen molar-refractivity contribution in [3.63, 3.8) is 0 Å². The van der Waals surface area contributed by atoms with Gasteiger partial charge in [-0.05, 0) is 36.5 Å². The average molecular weight is 295 g/mol. The van der Waals surface area contributed by atoms with E-state index in [9.17, 15) is 4.79 Å². The third kappa shape index (κ3) is 3.71. The molecule has 0 saturated heterocycles. The first-order valence-corrected chi connectivity index (χ1v) is 7.81. The molecular weight excluding hydrogens is 274 g/mol. The molecule has 0 aliphatic heterocycles. The molecule has 1 saturated carbocycles. The molecule has 114 valence electrons. The number of aromatic nitrogens is 1. The molecule has 2 N–H and O–H groups in total. The van der Waals surface area contributed by atoms with Crippen molar-refractivity contribution in [2.45, 2.75) is 31.2 Å². The Bertz CT molecular complexity index is 600. The zero-order valence-electron chi connectivity index (χ0n) is 12.5. The van der Waals surface area contributed by atoms with E-state index in [-0.39, 0.29) is 5.91 Å². The van der Waals surface area contributed by atoms with Gasteiger partial charge in [-0.15, -0.1) is 0 Å². The lowest BCUT2D eigenvalue weighted by Gasteiger charge is -2.21. The summed E-state index contributed by atoms with van der Waals surface area (Å²) in [5.41, 5.74) is 2.15. The largest absolute Gasteiger partial charge is 0.325 e. The first kappa shape index (κ1) is 14.7. The van der Waals surface area contributed by atoms with Crippen LogP contribution >= 0.6 is 0 Å². The summed E-state index contributed by atoms with van der Waals surface area (Å²) < 4.78 is 0. The van der Waals surface area contributed by atoms with Gasteiger partial charge < -0.3 is 10.6 Å². The van der Waals surface area contributed by atoms with Crippen LogP contribution in [0.5, 0.6) is 0 Å². The minimum atomic E-state index is -0.00934. The van der Waals surface area contributed by atoms with E-state index < -0.39 is 0 Å². The highest BCUT2D eigenvalue weighted by molar-refractivity contribution is 5.92. The molecule has 1 fully saturated rings. The van der Waals surface area contributed by atoms with Crippen LogP contribution in [-0.4, -0.2) is 23.5 Å². The van der Waals surface area contributed by atoms with E-state index in [4.69, 9.17) is 0 Å². The van der Waals surface area contributed by atoms with Crippen molar-refractivity contribution in [3.8, 4) is 0 Å². The highest BCUT2D eigenvalue weighted by Crippen LogP contribution is 2.34. The number of benzene rings is 1. The molecule has 4 nitrogen and oxygen atoms in total. The zero-order chi connectivity index (χ0) is 15.2. The molecule has 1 heterocycles. The lowest BCUT2D eigenvalue weighted by molar-refractivity contribution is -0.115. The van der Waals surface area contributed by atoms with Gasteiger partial charge in [-0.1, -0.05) is 36.8 Å². The minimum Gasteiger partial charge on any atom is -0.325 e. The van der Waals surface area contributed by atoms with Crippen LogP contribution < -0.4 is 10.6 Å². The maximum Gasteiger partial charge on any atom is 0.238 e. The summed E-state index contributed by atoms with van der Waals surface area (Å²) in [7, 11) is 0. The van der Waals surface area contributed by atoms with Crippen molar-refractivity contribution >= 4 is 11.6 Å². The van der Waals surface area contributed by atoms with Gasteiger partial charge in [0.1, 0.15) is 0 Å². The third-order valence-corrected chi connectivity index (χ3v) is 4.23. The summed E-state index contributed by atoms with van der Waals surface area (Å²) >= 11 is 0. The summed E-state index contributed by atoms with van der Waals surface area (Å²) in [5.74, 6) is 0.500. The van der Waals surface area contributed by atoms with E-state index >= 15 is 0 Å². The van der Waals surface area contributed by atoms with Crippen molar-refractivity contribution in [1.29, 1.82) is 0 Å². The topological polar surface area (TPSA) is 54.0 Å². The van der Waals surface area contributed by atoms with E-state index in [1.807, 2.05) is 6.07 Å². The van der Waals surface area contributed by atoms with Gasteiger partial charge in [0.05, 0.1) is 6.54 Å². The standard InChI is InChI=1S/C18H21N3O/c22-18(21-15-9-11-19-12-10-15)13-20-17-8-4-7-16(17)14-5-2-1-3-6-14/h1-3,5-6,9-12,16-17,20H,4,7-8,13H2,(H,19,21,22)/t16-,17-/m1/s1. The molecule has 22 heavy (non-hydrogen) atoms. The number of carbonyl (C=O) groups excluding carboxylic acids is 1. The predicted octanol–water partition coefficient (Wildman–Crippen LogP) is 2.95. The molecule has 2 aromatic rings. The average Bonchev–Trinajstić information content (AvgIpc) is 3.03. The van der Waals surface area contributed by atoms with E-state index in [2.05, 4.69) is 39.9 Å². The highest BCUT2D eigenvalue weighted by atomic mass is 16.1. The second-order valence-corrected chi connectivity index (χ2v) is 5.72. The lowest BCUT2D eigenvalue weighted by atomic mass is 9.94. The van der Waals surface area contributed by atoms with Crippen LogP contribution in [-0.2, 0) is 4.79 Å². The molecule has 0 unspecified atom stereocenters. The predicted molar refractivity (Wildman–Crippen MR) is 87.7 cm³/mol. The maximum atomic E-state index is 12.0. The summed E-state index contributed by atoms with van der Waals surface area (Å²) in [4.78, 5) is 16.0. The van der Waals surface area contributed by atoms with Crippen molar-refractivity contribution in [3.05, 3.63) is 60.4 Å². The van der Waals surface area contributed by atoms with E-state index in [0.717, 1.165) is 12.1 Å². The Kier molecular flexibility index (Phi) is 4.81. The van der Waals surface area contributed by atoms with Crippen molar-refractivity contribution in [2.24, 2.45) is 0 Å². The Hall–Kier alpha value is -2.20. The zero-order valence-corrected chi connectivity index (χ0v) is 12.5. The van der Waals surface area contributed by atoms with Gasteiger partial charge >= 0.3 is 0 Å². The van der Waals surface area contributed by atoms with Crippen LogP contribution in [0.1, 0.15) is 30.7 Å². The van der Waals surface area contributed by atoms with Gasteiger partial charge in [-0.25, -0.2) is 0 Å². The Balaban J connectivity index is 1.53. The Morgan fingerprint density at radius 2 is 1.86 bits per heavy atom. The first-order chi connectivity index (χ1) is 10.8. The minimum absolute atomic E-state index is 0.00934. The molecule has 0 radical (unpaired) electrons. The van der Waals surface area contributed by atoms with Gasteiger partial charge in [0.2, 0.25) is 5.91 Å². The van der Waals surface area contributed by atoms with Crippen LogP contribution in [0.3, 0.4) is 0 Å². The fourth-order valence-electron chi connectivity index (χ4n) is 3.17. The summed E-state index contributed by atoms with van der Waals surface area (Å²) in [6, 6.07) is 14.5. The number of pyridine rings is 1. The fraction of sp³-hybridized carbons (Fsp3) is 0.333. The number of carbonyl (C=O) groups is 1. The van der Waals surface area contributed by atoms with Gasteiger partial charge in [0, 0.05) is 24.1 Å². The fourth-order valence-corrected chi connectivity index (χ4v) is 3.17. The summed E-state index contributed by atoms with van der Waals surface area (Å²) in [6.45, 7) is 0.344. The Morgan fingerprint density at radius 1 is 1.09 bits per heavy atom. The highest BCUT2D eigenvalue weighted by Gasteiger charge is 2.28. The van der Waals surface area contributed by atoms with E-state index in [1.165, 1.54) is 18.4 Å². The molecule has 1 aliphatic carbocycles. The smallest absolute Gasteiger partial charge is 0.238 e. The third-order valence-electron chi connectivity index (χ3n) is 4.23. The van der Waals surface area contributed by atoms with Crippen molar-refractivity contribution in [1.82, 2.24) is 10.3 Å². The number of hydrogen-bond donors (Lipinski definition) is 2. The number of nitrogens with one attached hydrogen (secondary N) is 2. The lowest BCUT2D eigenvalue weighted by Crippen LogP contribution is -2.37. The number of amides is 1. The van der Waals surface area contributed by atoms with Crippen LogP contribution in [0.4, 0.5) is 5.69 Å². The van der Waals surface area contributed by atoms with E-state index in [0.29, 0.717) is 18.5 Å². The van der Waals surface area contributed by atoms with Crippen LogP contribution in [0.2, 0.25) is 0 Å². The normalized spacial score (nSPS) is 20.7. The van der Waals surface area contributed by atoms with Crippen molar-refractivity contribution < 1.29 is 4.79 Å². The number of hydrogen-bond acceptors (Lipinski definition) is 3. The number of rotatable bonds is 5. The molecule has 1 amide bonds. The second kappa shape index (κ2) is 7.18. The van der Waals surface area contributed by atoms with Gasteiger partial charge in [0.15, 0.2) is 0 Å². The quantitative estimate of drug-likeness (QED) is 0.891. The molecule has 0 bridgehead atoms. The van der Waals surface area contributed by atoms with Crippen LogP contribution in [0.15, 0.2) is 54.9 Å². The molecule has 1 aromatic heterocycles. The van der Waals surface area contributed by atoms with Crippen LogP contribution in [0, 0.1) is 0 Å². The van der Waals surface area contributed by atoms with Gasteiger partial charge in [-0.2, -0.15) is 0 Å². The maximum absolute atomic E-state index is 12.0. The summed E-state index contributed by atoms with van der Waals surface area (Å²) in [5, 5.41) is 6.30.